The number of hydrogen-bond donors (Lipinski definition) is 5. The molecule has 0 radical (unpaired) electrons. The first-order chi connectivity index (χ1) is 24.0. The van der Waals surface area contributed by atoms with Crippen molar-refractivity contribution in [1.29, 1.82) is 0 Å². The van der Waals surface area contributed by atoms with Crippen LogP contribution < -0.4 is 21.3 Å². The molecule has 0 fully saturated rings. The Labute approximate surface area is 293 Å². The summed E-state index contributed by atoms with van der Waals surface area (Å²) in [7, 11) is 0. The third kappa shape index (κ3) is 10.8. The Hall–Kier alpha value is -5.42. The molecule has 0 aliphatic rings. The van der Waals surface area contributed by atoms with Gasteiger partial charge in [-0.1, -0.05) is 88.4 Å². The van der Waals surface area contributed by atoms with Crippen LogP contribution in [-0.2, 0) is 22.4 Å². The van der Waals surface area contributed by atoms with Gasteiger partial charge in [0.1, 0.15) is 12.1 Å². The predicted molar refractivity (Wildman–Crippen MR) is 191 cm³/mol. The summed E-state index contributed by atoms with van der Waals surface area (Å²) in [5.74, 6) is -2.38. The van der Waals surface area contributed by atoms with Gasteiger partial charge in [-0.2, -0.15) is 0 Å². The number of hydrogen-bond acceptors (Lipinski definition) is 7. The predicted octanol–water partition coefficient (Wildman–Crippen LogP) is 3.50. The lowest BCUT2D eigenvalue weighted by Gasteiger charge is -2.34. The van der Waals surface area contributed by atoms with Gasteiger partial charge in [-0.05, 0) is 60.1 Å². The van der Waals surface area contributed by atoms with E-state index in [0.717, 1.165) is 11.1 Å². The number of aliphatic hydroxyl groups excluding tert-OH is 1. The molecule has 0 aliphatic heterocycles. The van der Waals surface area contributed by atoms with Crippen LogP contribution >= 0.6 is 0 Å². The molecule has 4 amide bonds. The largest absolute Gasteiger partial charge is 0.389 e. The van der Waals surface area contributed by atoms with Gasteiger partial charge in [0.05, 0.1) is 18.2 Å². The number of aromatic nitrogens is 2. The van der Waals surface area contributed by atoms with Crippen molar-refractivity contribution < 1.29 is 24.3 Å². The molecule has 4 atom stereocenters. The fourth-order valence-corrected chi connectivity index (χ4v) is 5.60. The van der Waals surface area contributed by atoms with Crippen LogP contribution in [0.25, 0.3) is 0 Å². The van der Waals surface area contributed by atoms with E-state index in [-0.39, 0.29) is 24.7 Å². The van der Waals surface area contributed by atoms with Gasteiger partial charge in [0, 0.05) is 35.9 Å². The van der Waals surface area contributed by atoms with Gasteiger partial charge in [-0.15, -0.1) is 0 Å². The van der Waals surface area contributed by atoms with Gasteiger partial charge >= 0.3 is 0 Å². The van der Waals surface area contributed by atoms with Crippen molar-refractivity contribution >= 4 is 23.6 Å². The van der Waals surface area contributed by atoms with E-state index < -0.39 is 53.9 Å². The van der Waals surface area contributed by atoms with Crippen LogP contribution in [0.15, 0.2) is 110 Å². The van der Waals surface area contributed by atoms with Gasteiger partial charge in [0.2, 0.25) is 11.8 Å². The van der Waals surface area contributed by atoms with Gasteiger partial charge in [-0.3, -0.25) is 29.1 Å². The average Bonchev–Trinajstić information content (AvgIpc) is 3.13. The number of carbonyl (C=O) groups excluding carboxylic acids is 4. The summed E-state index contributed by atoms with van der Waals surface area (Å²) in [4.78, 5) is 61.8. The Morgan fingerprint density at radius 1 is 0.540 bits per heavy atom. The minimum absolute atomic E-state index is 0.240. The summed E-state index contributed by atoms with van der Waals surface area (Å²) in [6.07, 6.45) is 5.20. The number of rotatable bonds is 16. The molecule has 2 aromatic carbocycles. The van der Waals surface area contributed by atoms with Gasteiger partial charge in [0.25, 0.3) is 11.8 Å². The first-order valence-corrected chi connectivity index (χ1v) is 16.8. The molecule has 2 unspecified atom stereocenters. The Balaban J connectivity index is 1.62. The summed E-state index contributed by atoms with van der Waals surface area (Å²) >= 11 is 0. The number of carbonyl (C=O) groups is 4. The van der Waals surface area contributed by atoms with E-state index in [2.05, 4.69) is 31.2 Å². The summed E-state index contributed by atoms with van der Waals surface area (Å²) in [6, 6.07) is 21.5. The number of benzene rings is 2. The Morgan fingerprint density at radius 3 is 1.20 bits per heavy atom. The molecule has 2 aromatic heterocycles. The molecule has 0 spiro atoms. The van der Waals surface area contributed by atoms with Crippen molar-refractivity contribution in [2.75, 3.05) is 0 Å². The minimum Gasteiger partial charge on any atom is -0.389 e. The van der Waals surface area contributed by atoms with Crippen molar-refractivity contribution in [2.24, 2.45) is 11.8 Å². The van der Waals surface area contributed by atoms with Gasteiger partial charge in [-0.25, -0.2) is 0 Å². The first kappa shape index (κ1) is 37.4. The zero-order valence-corrected chi connectivity index (χ0v) is 28.8. The van der Waals surface area contributed by atoms with Crippen molar-refractivity contribution in [1.82, 2.24) is 31.2 Å². The monoisotopic (exact) mass is 678 g/mol. The van der Waals surface area contributed by atoms with E-state index in [9.17, 15) is 24.3 Å². The lowest BCUT2D eigenvalue weighted by molar-refractivity contribution is -0.126. The maximum atomic E-state index is 13.9. The van der Waals surface area contributed by atoms with E-state index >= 15 is 0 Å². The molecule has 0 saturated heterocycles. The van der Waals surface area contributed by atoms with E-state index in [0.29, 0.717) is 11.1 Å². The van der Waals surface area contributed by atoms with Crippen molar-refractivity contribution in [3.63, 3.8) is 0 Å². The highest BCUT2D eigenvalue weighted by Crippen LogP contribution is 2.16. The number of nitrogens with zero attached hydrogens (tertiary/aromatic N) is 2. The second-order valence-electron chi connectivity index (χ2n) is 13.0. The third-order valence-electron chi connectivity index (χ3n) is 8.43. The fraction of sp³-hybridized carbons (Fsp3) is 0.333. The van der Waals surface area contributed by atoms with Gasteiger partial charge < -0.3 is 26.4 Å². The molecule has 0 aliphatic carbocycles. The lowest BCUT2D eigenvalue weighted by atomic mass is 9.91. The summed E-state index contributed by atoms with van der Waals surface area (Å²) < 4.78 is 0. The molecule has 0 bridgehead atoms. The van der Waals surface area contributed by atoms with Crippen LogP contribution in [-0.4, -0.2) is 69.0 Å². The standard InChI is InChI=1S/C39H46N6O5/c1-25(2)33(44-36(47)29-15-19-40-20-16-29)38(49)42-31(23-27-11-7-5-8-12-27)35(46)32(24-28-13-9-6-10-14-28)43-39(50)34(26(3)4)45-37(48)30-17-21-41-22-18-30/h5-22,25-26,31-35,46H,23-24H2,1-4H3,(H,42,49)(H,43,50)(H,44,47)(H,45,48)/t31?,32?,33-,34-,35?/m0/s1. The molecular formula is C39H46N6O5. The van der Waals surface area contributed by atoms with E-state index in [1.54, 1.807) is 24.3 Å². The number of nitrogens with one attached hydrogen (secondary N) is 4. The summed E-state index contributed by atoms with van der Waals surface area (Å²) in [5, 5.41) is 23.8. The number of aliphatic hydroxyl groups is 1. The quantitative estimate of drug-likeness (QED) is 0.121. The number of pyridine rings is 2. The van der Waals surface area contributed by atoms with Crippen LogP contribution in [0, 0.1) is 11.8 Å². The van der Waals surface area contributed by atoms with Crippen molar-refractivity contribution in [3.05, 3.63) is 132 Å². The minimum atomic E-state index is -1.28. The molecule has 4 rings (SSSR count). The lowest BCUT2D eigenvalue weighted by Crippen LogP contribution is -2.61. The van der Waals surface area contributed by atoms with Crippen LogP contribution in [0.2, 0.25) is 0 Å². The molecule has 262 valence electrons. The molecule has 0 saturated carbocycles. The SMILES string of the molecule is CC(C)[C@H](NC(=O)c1ccncc1)C(=O)NC(Cc1ccccc1)C(O)C(Cc1ccccc1)NC(=O)[C@@H](NC(=O)c1ccncc1)C(C)C. The molecule has 5 N–H and O–H groups in total. The zero-order chi connectivity index (χ0) is 36.0. The summed E-state index contributed by atoms with van der Waals surface area (Å²) in [5.41, 5.74) is 2.43. The zero-order valence-electron chi connectivity index (χ0n) is 28.8. The molecular weight excluding hydrogens is 632 g/mol. The molecule has 11 nitrogen and oxygen atoms in total. The maximum Gasteiger partial charge on any atom is 0.252 e. The van der Waals surface area contributed by atoms with E-state index in [1.807, 2.05) is 88.4 Å². The summed E-state index contributed by atoms with van der Waals surface area (Å²) in [6.45, 7) is 7.30. The topological polar surface area (TPSA) is 162 Å². The van der Waals surface area contributed by atoms with Gasteiger partial charge in [0.15, 0.2) is 0 Å². The van der Waals surface area contributed by atoms with E-state index in [4.69, 9.17) is 0 Å². The highest BCUT2D eigenvalue weighted by molar-refractivity contribution is 5.98. The van der Waals surface area contributed by atoms with Crippen LogP contribution in [0.1, 0.15) is 59.5 Å². The molecule has 4 aromatic rings. The Bertz CT molecular complexity index is 1550. The average molecular weight is 679 g/mol. The highest BCUT2D eigenvalue weighted by Gasteiger charge is 2.35. The first-order valence-electron chi connectivity index (χ1n) is 16.8. The molecule has 2 heterocycles. The normalized spacial score (nSPS) is 14.1. The maximum absolute atomic E-state index is 13.9. The van der Waals surface area contributed by atoms with Crippen molar-refractivity contribution in [2.45, 2.75) is 70.8 Å². The molecule has 11 heteroatoms. The highest BCUT2D eigenvalue weighted by atomic mass is 16.3. The van der Waals surface area contributed by atoms with Crippen LogP contribution in [0.3, 0.4) is 0 Å². The van der Waals surface area contributed by atoms with Crippen molar-refractivity contribution in [3.8, 4) is 0 Å². The second kappa shape index (κ2) is 18.4. The van der Waals surface area contributed by atoms with Crippen LogP contribution in [0.5, 0.6) is 0 Å². The number of amides is 4. The second-order valence-corrected chi connectivity index (χ2v) is 13.0. The van der Waals surface area contributed by atoms with E-state index in [1.165, 1.54) is 24.8 Å². The Morgan fingerprint density at radius 2 is 0.880 bits per heavy atom. The van der Waals surface area contributed by atoms with Crippen LogP contribution in [0.4, 0.5) is 0 Å². The Kier molecular flexibility index (Phi) is 13.7. The smallest absolute Gasteiger partial charge is 0.252 e. The third-order valence-corrected chi connectivity index (χ3v) is 8.43. The molecule has 50 heavy (non-hydrogen) atoms. The fourth-order valence-electron chi connectivity index (χ4n) is 5.60.